The molecule has 0 bridgehead atoms. The molecule has 0 amide bonds. The summed E-state index contributed by atoms with van der Waals surface area (Å²) in [5.41, 5.74) is 3.93. The van der Waals surface area contributed by atoms with Crippen LogP contribution in [0.3, 0.4) is 0 Å². The summed E-state index contributed by atoms with van der Waals surface area (Å²) in [6, 6.07) is 0.151. The van der Waals surface area contributed by atoms with Gasteiger partial charge in [0.15, 0.2) is 0 Å². The molecule has 1 unspecified atom stereocenters. The van der Waals surface area contributed by atoms with Gasteiger partial charge in [0.1, 0.15) is 5.76 Å². The Balaban J connectivity index is 2.13. The fourth-order valence-corrected chi connectivity index (χ4v) is 2.70. The molecular formula is C14H21ClN4O. The Labute approximate surface area is 124 Å². The molecule has 0 aliphatic heterocycles. The van der Waals surface area contributed by atoms with E-state index in [2.05, 4.69) is 29.4 Å². The summed E-state index contributed by atoms with van der Waals surface area (Å²) in [7, 11) is 0. The van der Waals surface area contributed by atoms with Gasteiger partial charge in [-0.05, 0) is 34.6 Å². The smallest absolute Gasteiger partial charge is 0.138 e. The van der Waals surface area contributed by atoms with E-state index in [1.165, 1.54) is 0 Å². The molecule has 1 atom stereocenters. The maximum atomic E-state index is 6.31. The fourth-order valence-electron chi connectivity index (χ4n) is 2.50. The van der Waals surface area contributed by atoms with Crippen LogP contribution in [-0.4, -0.2) is 14.9 Å². The van der Waals surface area contributed by atoms with Gasteiger partial charge in [-0.2, -0.15) is 5.10 Å². The van der Waals surface area contributed by atoms with E-state index in [0.717, 1.165) is 40.0 Å². The average Bonchev–Trinajstić information content (AvgIpc) is 2.88. The largest absolute Gasteiger partial charge is 0.361 e. The molecule has 2 aromatic rings. The molecule has 0 radical (unpaired) electrons. The number of aryl methyl sites for hydroxylation is 4. The van der Waals surface area contributed by atoms with Crippen molar-refractivity contribution in [3.05, 3.63) is 33.4 Å². The average molecular weight is 297 g/mol. The molecule has 5 nitrogen and oxygen atoms in total. The minimum absolute atomic E-state index is 0.151. The van der Waals surface area contributed by atoms with Crippen LogP contribution in [0.15, 0.2) is 4.52 Å². The lowest BCUT2D eigenvalue weighted by Crippen LogP contribution is -2.21. The number of hydrogen-bond acceptors (Lipinski definition) is 4. The zero-order valence-electron chi connectivity index (χ0n) is 12.6. The zero-order valence-corrected chi connectivity index (χ0v) is 13.4. The van der Waals surface area contributed by atoms with Gasteiger partial charge in [0.05, 0.1) is 22.1 Å². The lowest BCUT2D eigenvalue weighted by Gasteiger charge is -2.14. The van der Waals surface area contributed by atoms with Gasteiger partial charge in [-0.15, -0.1) is 0 Å². The number of aromatic nitrogens is 3. The van der Waals surface area contributed by atoms with Crippen LogP contribution < -0.4 is 5.32 Å². The Morgan fingerprint density at radius 3 is 2.55 bits per heavy atom. The van der Waals surface area contributed by atoms with Crippen LogP contribution in [0.5, 0.6) is 0 Å². The summed E-state index contributed by atoms with van der Waals surface area (Å²) in [5.74, 6) is 0.855. The van der Waals surface area contributed by atoms with E-state index < -0.39 is 0 Å². The first kappa shape index (κ1) is 15.1. The summed E-state index contributed by atoms with van der Waals surface area (Å²) in [5, 5.41) is 12.6. The van der Waals surface area contributed by atoms with E-state index >= 15 is 0 Å². The molecule has 0 aromatic carbocycles. The van der Waals surface area contributed by atoms with Gasteiger partial charge in [0.2, 0.25) is 0 Å². The number of nitrogens with one attached hydrogen (secondary N) is 1. The third-order valence-corrected chi connectivity index (χ3v) is 4.04. The lowest BCUT2D eigenvalue weighted by molar-refractivity contribution is 0.390. The second-order valence-electron chi connectivity index (χ2n) is 5.00. The first-order chi connectivity index (χ1) is 9.45. The van der Waals surface area contributed by atoms with Gasteiger partial charge >= 0.3 is 0 Å². The number of nitrogens with zero attached hydrogens (tertiary/aromatic N) is 3. The van der Waals surface area contributed by atoms with Crippen LogP contribution in [0.1, 0.15) is 48.3 Å². The van der Waals surface area contributed by atoms with E-state index in [-0.39, 0.29) is 6.04 Å². The molecule has 0 aliphatic rings. The molecule has 2 aromatic heterocycles. The van der Waals surface area contributed by atoms with Crippen LogP contribution in [-0.2, 0) is 13.1 Å². The first-order valence-electron chi connectivity index (χ1n) is 6.83. The third kappa shape index (κ3) is 2.74. The standard InChI is InChI=1S/C14H21ClN4O/c1-6-19-12(14(15)10(4)17-19)7-16-8(2)13-9(3)18-20-11(13)5/h8,16H,6-7H2,1-5H3. The summed E-state index contributed by atoms with van der Waals surface area (Å²) in [6.45, 7) is 11.4. The maximum Gasteiger partial charge on any atom is 0.138 e. The van der Waals surface area contributed by atoms with E-state index in [4.69, 9.17) is 16.1 Å². The van der Waals surface area contributed by atoms with Gasteiger partial charge in [-0.3, -0.25) is 4.68 Å². The SMILES string of the molecule is CCn1nc(C)c(Cl)c1CNC(C)c1c(C)noc1C. The Morgan fingerprint density at radius 2 is 2.00 bits per heavy atom. The summed E-state index contributed by atoms with van der Waals surface area (Å²) in [4.78, 5) is 0. The van der Waals surface area contributed by atoms with Gasteiger partial charge in [0.25, 0.3) is 0 Å². The molecule has 0 saturated carbocycles. The highest BCUT2D eigenvalue weighted by atomic mass is 35.5. The number of halogens is 1. The van der Waals surface area contributed by atoms with Crippen molar-refractivity contribution in [1.82, 2.24) is 20.3 Å². The fraction of sp³-hybridized carbons (Fsp3) is 0.571. The highest BCUT2D eigenvalue weighted by Gasteiger charge is 2.18. The van der Waals surface area contributed by atoms with E-state index in [1.54, 1.807) is 0 Å². The normalized spacial score (nSPS) is 12.9. The van der Waals surface area contributed by atoms with Crippen molar-refractivity contribution >= 4 is 11.6 Å². The Bertz CT molecular complexity index is 583. The van der Waals surface area contributed by atoms with Crippen molar-refractivity contribution in [2.45, 2.75) is 53.8 Å². The molecule has 0 spiro atoms. The Morgan fingerprint density at radius 1 is 1.30 bits per heavy atom. The molecule has 1 N–H and O–H groups in total. The summed E-state index contributed by atoms with van der Waals surface area (Å²) >= 11 is 6.31. The van der Waals surface area contributed by atoms with Crippen LogP contribution in [0.25, 0.3) is 0 Å². The monoisotopic (exact) mass is 296 g/mol. The van der Waals surface area contributed by atoms with Crippen molar-refractivity contribution in [1.29, 1.82) is 0 Å². The molecule has 2 rings (SSSR count). The second-order valence-corrected chi connectivity index (χ2v) is 5.38. The first-order valence-corrected chi connectivity index (χ1v) is 7.21. The number of hydrogen-bond donors (Lipinski definition) is 1. The van der Waals surface area contributed by atoms with Crippen molar-refractivity contribution in [2.24, 2.45) is 0 Å². The predicted molar refractivity (Wildman–Crippen MR) is 78.9 cm³/mol. The highest BCUT2D eigenvalue weighted by Crippen LogP contribution is 2.24. The van der Waals surface area contributed by atoms with E-state index in [9.17, 15) is 0 Å². The van der Waals surface area contributed by atoms with Crippen LogP contribution in [0.2, 0.25) is 5.02 Å². The molecule has 0 saturated heterocycles. The van der Waals surface area contributed by atoms with Crippen LogP contribution in [0, 0.1) is 20.8 Å². The summed E-state index contributed by atoms with van der Waals surface area (Å²) in [6.07, 6.45) is 0. The van der Waals surface area contributed by atoms with E-state index in [1.807, 2.05) is 25.5 Å². The van der Waals surface area contributed by atoms with Gasteiger partial charge in [-0.1, -0.05) is 16.8 Å². The van der Waals surface area contributed by atoms with Crippen molar-refractivity contribution in [2.75, 3.05) is 0 Å². The van der Waals surface area contributed by atoms with Gasteiger partial charge in [-0.25, -0.2) is 0 Å². The molecule has 0 fully saturated rings. The molecular weight excluding hydrogens is 276 g/mol. The second kappa shape index (κ2) is 5.97. The van der Waals surface area contributed by atoms with Crippen molar-refractivity contribution in [3.8, 4) is 0 Å². The topological polar surface area (TPSA) is 55.9 Å². The highest BCUT2D eigenvalue weighted by molar-refractivity contribution is 6.31. The quantitative estimate of drug-likeness (QED) is 0.919. The molecule has 110 valence electrons. The minimum atomic E-state index is 0.151. The van der Waals surface area contributed by atoms with Crippen molar-refractivity contribution < 1.29 is 4.52 Å². The van der Waals surface area contributed by atoms with Crippen LogP contribution in [0.4, 0.5) is 0 Å². The molecule has 0 aliphatic carbocycles. The summed E-state index contributed by atoms with van der Waals surface area (Å²) < 4.78 is 7.14. The zero-order chi connectivity index (χ0) is 14.9. The Hall–Kier alpha value is -1.33. The maximum absolute atomic E-state index is 6.31. The third-order valence-electron chi connectivity index (χ3n) is 3.55. The molecule has 20 heavy (non-hydrogen) atoms. The predicted octanol–water partition coefficient (Wildman–Crippen LogP) is 3.32. The van der Waals surface area contributed by atoms with Crippen molar-refractivity contribution in [3.63, 3.8) is 0 Å². The lowest BCUT2D eigenvalue weighted by atomic mass is 10.1. The molecule has 2 heterocycles. The Kier molecular flexibility index (Phi) is 4.50. The van der Waals surface area contributed by atoms with E-state index in [0.29, 0.717) is 6.54 Å². The van der Waals surface area contributed by atoms with Crippen LogP contribution >= 0.6 is 11.6 Å². The minimum Gasteiger partial charge on any atom is -0.361 e. The van der Waals surface area contributed by atoms with Gasteiger partial charge < -0.3 is 9.84 Å². The molecule has 6 heteroatoms. The number of rotatable bonds is 5. The van der Waals surface area contributed by atoms with Gasteiger partial charge in [0, 0.05) is 24.7 Å².